The van der Waals surface area contributed by atoms with Gasteiger partial charge in [0, 0.05) is 6.42 Å². The molecule has 176 valence electrons. The smallest absolute Gasteiger partial charge is 0.265 e. The number of amides is 5. The summed E-state index contributed by atoms with van der Waals surface area (Å²) in [4.78, 5) is 59.5. The second kappa shape index (κ2) is 13.8. The number of hydroxylamine groups is 1. The molecule has 0 heterocycles. The second-order valence-corrected chi connectivity index (χ2v) is 7.70. The molecule has 11 heteroatoms. The average Bonchev–Trinajstić information content (AvgIpc) is 2.76. The summed E-state index contributed by atoms with van der Waals surface area (Å²) in [5, 5.41) is 18.5. The number of carbonyl (C=O) groups is 5. The van der Waals surface area contributed by atoms with E-state index in [4.69, 9.17) is 5.21 Å². The number of benzene rings is 1. The Morgan fingerprint density at radius 3 is 2.16 bits per heavy atom. The SMILES string of the molecule is CC(C)C[C@H](NC=O)C(=O)NCC(=O)N[C@@H](Cc1ccccc1)C(=O)N[C@@H](C)C(=O)NO. The summed E-state index contributed by atoms with van der Waals surface area (Å²) in [5.74, 6) is -2.44. The summed E-state index contributed by atoms with van der Waals surface area (Å²) in [6, 6.07) is 6.08. The minimum Gasteiger partial charge on any atom is -0.347 e. The predicted octanol–water partition coefficient (Wildman–Crippen LogP) is -0.999. The molecule has 0 saturated heterocycles. The molecule has 1 aromatic carbocycles. The van der Waals surface area contributed by atoms with Crippen LogP contribution in [0.25, 0.3) is 0 Å². The molecule has 0 bridgehead atoms. The van der Waals surface area contributed by atoms with Gasteiger partial charge in [-0.2, -0.15) is 0 Å². The van der Waals surface area contributed by atoms with Crippen molar-refractivity contribution >= 4 is 30.0 Å². The third kappa shape index (κ3) is 9.56. The van der Waals surface area contributed by atoms with Crippen molar-refractivity contribution in [3.8, 4) is 0 Å². The fourth-order valence-electron chi connectivity index (χ4n) is 2.88. The van der Waals surface area contributed by atoms with E-state index in [1.54, 1.807) is 30.3 Å². The first-order valence-electron chi connectivity index (χ1n) is 10.2. The van der Waals surface area contributed by atoms with E-state index in [0.29, 0.717) is 12.8 Å². The molecule has 3 atom stereocenters. The maximum atomic E-state index is 12.6. The normalized spacial score (nSPS) is 13.3. The summed E-state index contributed by atoms with van der Waals surface area (Å²) in [6.07, 6.45) is 0.967. The van der Waals surface area contributed by atoms with Gasteiger partial charge in [-0.15, -0.1) is 0 Å². The van der Waals surface area contributed by atoms with Crippen LogP contribution in [-0.4, -0.2) is 59.9 Å². The molecule has 0 spiro atoms. The summed E-state index contributed by atoms with van der Waals surface area (Å²) < 4.78 is 0. The fraction of sp³-hybridized carbons (Fsp3) is 0.476. The van der Waals surface area contributed by atoms with E-state index in [1.807, 2.05) is 13.8 Å². The topological polar surface area (TPSA) is 166 Å². The molecule has 0 aromatic heterocycles. The van der Waals surface area contributed by atoms with Crippen LogP contribution in [0.4, 0.5) is 0 Å². The maximum absolute atomic E-state index is 12.6. The Morgan fingerprint density at radius 2 is 1.59 bits per heavy atom. The minimum absolute atomic E-state index is 0.141. The summed E-state index contributed by atoms with van der Waals surface area (Å²) in [7, 11) is 0. The van der Waals surface area contributed by atoms with Gasteiger partial charge in [0.25, 0.3) is 5.91 Å². The Morgan fingerprint density at radius 1 is 0.938 bits per heavy atom. The van der Waals surface area contributed by atoms with Gasteiger partial charge in [0.1, 0.15) is 18.1 Å². The van der Waals surface area contributed by atoms with Gasteiger partial charge in [0.2, 0.25) is 24.1 Å². The van der Waals surface area contributed by atoms with Gasteiger partial charge in [-0.05, 0) is 24.8 Å². The van der Waals surface area contributed by atoms with E-state index in [2.05, 4.69) is 21.3 Å². The lowest BCUT2D eigenvalue weighted by Gasteiger charge is -2.21. The first-order chi connectivity index (χ1) is 15.2. The van der Waals surface area contributed by atoms with Crippen LogP contribution in [0.15, 0.2) is 30.3 Å². The Bertz CT molecular complexity index is 786. The van der Waals surface area contributed by atoms with E-state index in [1.165, 1.54) is 12.4 Å². The van der Waals surface area contributed by atoms with Crippen molar-refractivity contribution in [2.75, 3.05) is 6.54 Å². The quantitative estimate of drug-likeness (QED) is 0.128. The summed E-state index contributed by atoms with van der Waals surface area (Å²) in [6.45, 7) is 4.76. The van der Waals surface area contributed by atoms with Gasteiger partial charge in [0.05, 0.1) is 6.54 Å². The molecule has 1 aromatic rings. The van der Waals surface area contributed by atoms with Crippen molar-refractivity contribution in [3.05, 3.63) is 35.9 Å². The molecule has 0 aliphatic rings. The van der Waals surface area contributed by atoms with Crippen LogP contribution in [0.1, 0.15) is 32.8 Å². The van der Waals surface area contributed by atoms with E-state index < -0.39 is 48.3 Å². The first-order valence-corrected chi connectivity index (χ1v) is 10.2. The van der Waals surface area contributed by atoms with Gasteiger partial charge in [0.15, 0.2) is 0 Å². The lowest BCUT2D eigenvalue weighted by Crippen LogP contribution is -2.55. The van der Waals surface area contributed by atoms with Gasteiger partial charge in [-0.3, -0.25) is 29.2 Å². The number of nitrogens with one attached hydrogen (secondary N) is 5. The molecule has 1 rings (SSSR count). The zero-order valence-electron chi connectivity index (χ0n) is 18.4. The van der Waals surface area contributed by atoms with Crippen LogP contribution < -0.4 is 26.7 Å². The molecule has 0 saturated carbocycles. The van der Waals surface area contributed by atoms with Crippen LogP contribution in [-0.2, 0) is 30.4 Å². The molecule has 5 amide bonds. The molecule has 11 nitrogen and oxygen atoms in total. The van der Waals surface area contributed by atoms with Gasteiger partial charge in [-0.1, -0.05) is 44.2 Å². The molecule has 32 heavy (non-hydrogen) atoms. The summed E-state index contributed by atoms with van der Waals surface area (Å²) >= 11 is 0. The van der Waals surface area contributed by atoms with E-state index >= 15 is 0 Å². The number of carbonyl (C=O) groups excluding carboxylic acids is 5. The van der Waals surface area contributed by atoms with E-state index in [-0.39, 0.29) is 12.3 Å². The molecule has 0 radical (unpaired) electrons. The highest BCUT2D eigenvalue weighted by atomic mass is 16.5. The highest BCUT2D eigenvalue weighted by Gasteiger charge is 2.25. The van der Waals surface area contributed by atoms with Crippen LogP contribution in [0.3, 0.4) is 0 Å². The molecule has 0 aliphatic heterocycles. The molecular formula is C21H31N5O6. The Labute approximate surface area is 186 Å². The predicted molar refractivity (Wildman–Crippen MR) is 115 cm³/mol. The van der Waals surface area contributed by atoms with E-state index in [9.17, 15) is 24.0 Å². The first kappa shape index (κ1) is 26.6. The number of hydrogen-bond donors (Lipinski definition) is 6. The Hall–Kier alpha value is -3.47. The lowest BCUT2D eigenvalue weighted by molar-refractivity contribution is -0.135. The monoisotopic (exact) mass is 449 g/mol. The fourth-order valence-corrected chi connectivity index (χ4v) is 2.88. The van der Waals surface area contributed by atoms with Crippen molar-refractivity contribution < 1.29 is 29.2 Å². The van der Waals surface area contributed by atoms with Crippen molar-refractivity contribution in [2.45, 2.75) is 51.7 Å². The van der Waals surface area contributed by atoms with Crippen LogP contribution >= 0.6 is 0 Å². The number of rotatable bonds is 13. The Kier molecular flexibility index (Phi) is 11.4. The molecule has 0 fully saturated rings. The van der Waals surface area contributed by atoms with Crippen molar-refractivity contribution in [1.82, 2.24) is 26.7 Å². The van der Waals surface area contributed by atoms with Gasteiger partial charge < -0.3 is 21.3 Å². The van der Waals surface area contributed by atoms with Crippen molar-refractivity contribution in [1.29, 1.82) is 0 Å². The average molecular weight is 450 g/mol. The zero-order chi connectivity index (χ0) is 24.1. The third-order valence-electron chi connectivity index (χ3n) is 4.51. The van der Waals surface area contributed by atoms with Crippen LogP contribution in [0, 0.1) is 5.92 Å². The van der Waals surface area contributed by atoms with Gasteiger partial charge in [-0.25, -0.2) is 5.48 Å². The van der Waals surface area contributed by atoms with Gasteiger partial charge >= 0.3 is 0 Å². The highest BCUT2D eigenvalue weighted by Crippen LogP contribution is 2.05. The van der Waals surface area contributed by atoms with Crippen LogP contribution in [0.2, 0.25) is 0 Å². The molecule has 0 unspecified atom stereocenters. The lowest BCUT2D eigenvalue weighted by atomic mass is 10.0. The summed E-state index contributed by atoms with van der Waals surface area (Å²) in [5.41, 5.74) is 2.21. The number of hydrogen-bond acceptors (Lipinski definition) is 6. The Balaban J connectivity index is 2.79. The highest BCUT2D eigenvalue weighted by molar-refractivity contribution is 5.93. The van der Waals surface area contributed by atoms with Crippen LogP contribution in [0.5, 0.6) is 0 Å². The van der Waals surface area contributed by atoms with Crippen molar-refractivity contribution in [3.63, 3.8) is 0 Å². The minimum atomic E-state index is -1.03. The molecule has 0 aliphatic carbocycles. The van der Waals surface area contributed by atoms with E-state index in [0.717, 1.165) is 5.56 Å². The largest absolute Gasteiger partial charge is 0.347 e. The molecular weight excluding hydrogens is 418 g/mol. The zero-order valence-corrected chi connectivity index (χ0v) is 18.4. The molecule has 6 N–H and O–H groups in total. The van der Waals surface area contributed by atoms with Crippen molar-refractivity contribution in [2.24, 2.45) is 5.92 Å². The third-order valence-corrected chi connectivity index (χ3v) is 4.51. The second-order valence-electron chi connectivity index (χ2n) is 7.70. The maximum Gasteiger partial charge on any atom is 0.265 e. The standard InChI is InChI=1S/C21H31N5O6/c1-13(2)9-16(23-12-27)20(30)22-11-18(28)25-17(10-15-7-5-4-6-8-15)21(31)24-14(3)19(29)26-32/h4-8,12-14,16-17,32H,9-11H2,1-3H3,(H,22,30)(H,23,27)(H,24,31)(H,25,28)(H,26,29)/t14-,16-,17-/m0/s1.